The molecule has 0 rings (SSSR count). The Morgan fingerprint density at radius 1 is 1.33 bits per heavy atom. The van der Waals surface area contributed by atoms with Crippen LogP contribution in [0.1, 0.15) is 34.1 Å². The third kappa shape index (κ3) is 6.76. The van der Waals surface area contributed by atoms with Gasteiger partial charge in [-0.2, -0.15) is 0 Å². The van der Waals surface area contributed by atoms with E-state index in [4.69, 9.17) is 5.14 Å². The Morgan fingerprint density at radius 3 is 2.20 bits per heavy atom. The summed E-state index contributed by atoms with van der Waals surface area (Å²) in [5, 5.41) is 8.36. The second kappa shape index (κ2) is 7.09. The minimum Gasteiger partial charge on any atom is -0.305 e. The third-order valence-electron chi connectivity index (χ3n) is 2.05. The summed E-state index contributed by atoms with van der Waals surface area (Å²) in [6.45, 7) is 7.72. The van der Waals surface area contributed by atoms with Gasteiger partial charge in [0.05, 0.1) is 17.0 Å². The molecule has 0 fully saturated rings. The van der Waals surface area contributed by atoms with E-state index in [2.05, 4.69) is 5.32 Å². The standard InChI is InChI=1S/C10H22N2O2S/c1-7(2)10(13)9(12-8(3)4)5-6-15(11)14/h7-9,12H,5-6,11H2,1-4H3. The molecule has 0 aliphatic carbocycles. The van der Waals surface area contributed by atoms with E-state index < -0.39 is 11.0 Å². The number of nitrogens with two attached hydrogens (primary N) is 1. The molecule has 0 aromatic rings. The number of rotatable bonds is 7. The van der Waals surface area contributed by atoms with Crippen molar-refractivity contribution in [3.8, 4) is 0 Å². The smallest absolute Gasteiger partial charge is 0.152 e. The first-order valence-corrected chi connectivity index (χ1v) is 6.65. The monoisotopic (exact) mass is 234 g/mol. The van der Waals surface area contributed by atoms with Crippen LogP contribution in [0.4, 0.5) is 0 Å². The summed E-state index contributed by atoms with van der Waals surface area (Å²) in [4.78, 5) is 11.8. The van der Waals surface area contributed by atoms with Crippen LogP contribution >= 0.6 is 0 Å². The van der Waals surface area contributed by atoms with Gasteiger partial charge in [0.1, 0.15) is 0 Å². The number of hydrogen-bond donors (Lipinski definition) is 2. The van der Waals surface area contributed by atoms with E-state index >= 15 is 0 Å². The quantitative estimate of drug-likeness (QED) is 0.677. The zero-order valence-corrected chi connectivity index (χ0v) is 10.8. The Hall–Kier alpha value is -0.260. The molecule has 15 heavy (non-hydrogen) atoms. The topological polar surface area (TPSA) is 72.2 Å². The van der Waals surface area contributed by atoms with Crippen molar-refractivity contribution in [3.05, 3.63) is 0 Å². The summed E-state index contributed by atoms with van der Waals surface area (Å²) < 4.78 is 10.8. The summed E-state index contributed by atoms with van der Waals surface area (Å²) in [6.07, 6.45) is 0.540. The Bertz CT molecular complexity index is 229. The minimum atomic E-state index is -1.32. The van der Waals surface area contributed by atoms with E-state index in [0.29, 0.717) is 12.2 Å². The van der Waals surface area contributed by atoms with E-state index in [1.165, 1.54) is 0 Å². The molecule has 0 heterocycles. The summed E-state index contributed by atoms with van der Waals surface area (Å²) in [6, 6.07) is 0.0152. The van der Waals surface area contributed by atoms with Gasteiger partial charge in [0.15, 0.2) is 5.78 Å². The molecule has 0 spiro atoms. The van der Waals surface area contributed by atoms with Crippen LogP contribution < -0.4 is 10.5 Å². The highest BCUT2D eigenvalue weighted by Crippen LogP contribution is 2.05. The molecule has 0 radical (unpaired) electrons. The maximum absolute atomic E-state index is 11.8. The largest absolute Gasteiger partial charge is 0.305 e. The predicted molar refractivity (Wildman–Crippen MR) is 63.7 cm³/mol. The fraction of sp³-hybridized carbons (Fsp3) is 0.900. The van der Waals surface area contributed by atoms with Crippen molar-refractivity contribution >= 4 is 16.8 Å². The molecule has 0 aliphatic rings. The van der Waals surface area contributed by atoms with Crippen LogP contribution in [-0.4, -0.2) is 27.8 Å². The summed E-state index contributed by atoms with van der Waals surface area (Å²) in [7, 11) is -1.32. The number of carbonyl (C=O) groups excluding carboxylic acids is 1. The lowest BCUT2D eigenvalue weighted by Gasteiger charge is -2.21. The Morgan fingerprint density at radius 2 is 1.87 bits per heavy atom. The van der Waals surface area contributed by atoms with Crippen LogP contribution in [0.5, 0.6) is 0 Å². The Balaban J connectivity index is 4.30. The first-order chi connectivity index (χ1) is 6.84. The van der Waals surface area contributed by atoms with Crippen LogP contribution in [0.15, 0.2) is 0 Å². The second-order valence-corrected chi connectivity index (χ2v) is 5.47. The van der Waals surface area contributed by atoms with E-state index in [1.54, 1.807) is 0 Å². The summed E-state index contributed by atoms with van der Waals surface area (Å²) in [5.41, 5.74) is 0. The second-order valence-electron chi connectivity index (χ2n) is 4.30. The van der Waals surface area contributed by atoms with Gasteiger partial charge in [0.25, 0.3) is 0 Å². The molecule has 0 saturated heterocycles. The van der Waals surface area contributed by atoms with Crippen molar-refractivity contribution in [1.29, 1.82) is 0 Å². The van der Waals surface area contributed by atoms with E-state index in [9.17, 15) is 9.00 Å². The van der Waals surface area contributed by atoms with Crippen LogP contribution in [-0.2, 0) is 15.8 Å². The highest BCUT2D eigenvalue weighted by atomic mass is 32.2. The predicted octanol–water partition coefficient (Wildman–Crippen LogP) is 0.591. The summed E-state index contributed by atoms with van der Waals surface area (Å²) >= 11 is 0. The first kappa shape index (κ1) is 14.7. The molecule has 3 N–H and O–H groups in total. The van der Waals surface area contributed by atoms with Crippen LogP contribution in [0.2, 0.25) is 0 Å². The normalized spacial score (nSPS) is 15.7. The third-order valence-corrected chi connectivity index (χ3v) is 2.69. The van der Waals surface area contributed by atoms with Gasteiger partial charge in [0.2, 0.25) is 0 Å². The molecule has 90 valence electrons. The highest BCUT2D eigenvalue weighted by Gasteiger charge is 2.21. The van der Waals surface area contributed by atoms with Crippen molar-refractivity contribution in [2.24, 2.45) is 11.1 Å². The number of nitrogens with one attached hydrogen (secondary N) is 1. The number of Topliss-reactive ketones (excluding diaryl/α,β-unsaturated/α-hetero) is 1. The van der Waals surface area contributed by atoms with Gasteiger partial charge in [-0.15, -0.1) is 0 Å². The zero-order valence-electron chi connectivity index (χ0n) is 9.95. The van der Waals surface area contributed by atoms with Gasteiger partial charge in [-0.25, -0.2) is 4.21 Å². The van der Waals surface area contributed by atoms with Crippen LogP contribution in [0.3, 0.4) is 0 Å². The molecule has 2 atom stereocenters. The van der Waals surface area contributed by atoms with Gasteiger partial charge >= 0.3 is 0 Å². The lowest BCUT2D eigenvalue weighted by atomic mass is 9.99. The minimum absolute atomic E-state index is 0.00698. The molecular formula is C10H22N2O2S. The van der Waals surface area contributed by atoms with Crippen molar-refractivity contribution in [1.82, 2.24) is 5.32 Å². The molecular weight excluding hydrogens is 212 g/mol. The molecule has 4 nitrogen and oxygen atoms in total. The van der Waals surface area contributed by atoms with Crippen LogP contribution in [0.25, 0.3) is 0 Å². The van der Waals surface area contributed by atoms with Crippen molar-refractivity contribution in [2.45, 2.75) is 46.2 Å². The fourth-order valence-corrected chi connectivity index (χ4v) is 1.81. The summed E-state index contributed by atoms with van der Waals surface area (Å²) in [5.74, 6) is 0.518. The molecule has 5 heteroatoms. The van der Waals surface area contributed by atoms with Gasteiger partial charge in [-0.1, -0.05) is 27.7 Å². The zero-order chi connectivity index (χ0) is 12.0. The highest BCUT2D eigenvalue weighted by molar-refractivity contribution is 7.82. The van der Waals surface area contributed by atoms with Crippen molar-refractivity contribution in [3.63, 3.8) is 0 Å². The van der Waals surface area contributed by atoms with E-state index in [1.807, 2.05) is 27.7 Å². The average molecular weight is 234 g/mol. The lowest BCUT2D eigenvalue weighted by Crippen LogP contribution is -2.43. The van der Waals surface area contributed by atoms with Crippen molar-refractivity contribution in [2.75, 3.05) is 5.75 Å². The van der Waals surface area contributed by atoms with E-state index in [0.717, 1.165) is 0 Å². The molecule has 0 aromatic carbocycles. The van der Waals surface area contributed by atoms with Gasteiger partial charge in [0, 0.05) is 17.7 Å². The average Bonchev–Trinajstić information content (AvgIpc) is 2.10. The molecule has 0 bridgehead atoms. The molecule has 0 aromatic heterocycles. The van der Waals surface area contributed by atoms with Crippen molar-refractivity contribution < 1.29 is 9.00 Å². The number of carbonyl (C=O) groups is 1. The van der Waals surface area contributed by atoms with Gasteiger partial charge < -0.3 is 5.32 Å². The molecule has 0 amide bonds. The van der Waals surface area contributed by atoms with Crippen LogP contribution in [0, 0.1) is 5.92 Å². The fourth-order valence-electron chi connectivity index (χ4n) is 1.35. The first-order valence-electron chi connectivity index (χ1n) is 5.27. The maximum Gasteiger partial charge on any atom is 0.152 e. The Labute approximate surface area is 94.6 Å². The Kier molecular flexibility index (Phi) is 6.96. The molecule has 0 aliphatic heterocycles. The SMILES string of the molecule is CC(C)NC(CCS(N)=O)C(=O)C(C)C. The van der Waals surface area contributed by atoms with Gasteiger partial charge in [-0.05, 0) is 6.42 Å². The number of hydrogen-bond acceptors (Lipinski definition) is 3. The maximum atomic E-state index is 11.8. The molecule has 2 unspecified atom stereocenters. The molecule has 0 saturated carbocycles. The van der Waals surface area contributed by atoms with E-state index in [-0.39, 0.29) is 23.8 Å². The lowest BCUT2D eigenvalue weighted by molar-refractivity contribution is -0.124. The number of ketones is 1. The van der Waals surface area contributed by atoms with Gasteiger partial charge in [-0.3, -0.25) is 9.93 Å².